The molecule has 1 aromatic rings. The van der Waals surface area contributed by atoms with E-state index in [1.54, 1.807) is 0 Å². The minimum absolute atomic E-state index is 0.289. The Kier molecular flexibility index (Phi) is 4.04. The first-order valence-corrected chi connectivity index (χ1v) is 5.09. The second-order valence-corrected chi connectivity index (χ2v) is 3.49. The molecule has 4 N–H and O–H groups in total. The van der Waals surface area contributed by atoms with Gasteiger partial charge in [0.25, 0.3) is 0 Å². The summed E-state index contributed by atoms with van der Waals surface area (Å²) in [7, 11) is 1.81. The lowest BCUT2D eigenvalue weighted by molar-refractivity contribution is -0.117. The average Bonchev–Trinajstić information content (AvgIpc) is 2.22. The summed E-state index contributed by atoms with van der Waals surface area (Å²) in [5.41, 5.74) is 5.98. The molecule has 0 aliphatic rings. The average molecular weight is 223 g/mol. The molecule has 0 radical (unpaired) electrons. The third-order valence-electron chi connectivity index (χ3n) is 2.16. The normalized spacial score (nSPS) is 9.94. The monoisotopic (exact) mass is 223 g/mol. The molecule has 88 valence electrons. The number of nitrogens with one attached hydrogen (secondary N) is 2. The van der Waals surface area contributed by atoms with E-state index in [-0.39, 0.29) is 12.3 Å². The number of aromatic nitrogens is 2. The van der Waals surface area contributed by atoms with Crippen LogP contribution >= 0.6 is 0 Å². The van der Waals surface area contributed by atoms with Crippen molar-refractivity contribution in [1.29, 1.82) is 0 Å². The number of aryl methyl sites for hydroxylation is 1. The Morgan fingerprint density at radius 2 is 1.94 bits per heavy atom. The van der Waals surface area contributed by atoms with Gasteiger partial charge in [-0.15, -0.1) is 0 Å². The molecule has 1 rings (SSSR count). The lowest BCUT2D eigenvalue weighted by atomic mass is 10.3. The third kappa shape index (κ3) is 3.08. The van der Waals surface area contributed by atoms with Gasteiger partial charge in [-0.2, -0.15) is 0 Å². The number of carbonyl (C=O) groups is 1. The summed E-state index contributed by atoms with van der Waals surface area (Å²) < 4.78 is 0. The number of nitrogens with two attached hydrogens (primary N) is 1. The molecule has 0 saturated carbocycles. The molecule has 0 saturated heterocycles. The van der Waals surface area contributed by atoms with E-state index in [1.165, 1.54) is 0 Å². The Bertz CT molecular complexity index is 391. The molecule has 0 unspecified atom stereocenters. The fraction of sp³-hybridized carbons (Fsp3) is 0.500. The van der Waals surface area contributed by atoms with Gasteiger partial charge in [0, 0.05) is 25.6 Å². The van der Waals surface area contributed by atoms with Crippen LogP contribution in [0.25, 0.3) is 0 Å². The van der Waals surface area contributed by atoms with Gasteiger partial charge in [-0.25, -0.2) is 9.97 Å². The van der Waals surface area contributed by atoms with Crippen molar-refractivity contribution in [2.24, 2.45) is 5.73 Å². The number of nitrogens with zero attached hydrogens (tertiary/aromatic N) is 2. The standard InChI is InChI=1S/C10H17N5O/c1-6-9(12-3)14-7(2)15-10(6)13-5-4-8(11)16/h4-5H2,1-3H3,(H2,11,16)(H2,12,13,14,15). The van der Waals surface area contributed by atoms with E-state index in [1.807, 2.05) is 20.9 Å². The minimum atomic E-state index is -0.329. The van der Waals surface area contributed by atoms with E-state index in [0.29, 0.717) is 12.4 Å². The molecule has 0 aliphatic carbocycles. The first kappa shape index (κ1) is 12.2. The maximum atomic E-state index is 10.6. The topological polar surface area (TPSA) is 92.9 Å². The van der Waals surface area contributed by atoms with Crippen molar-refractivity contribution in [3.63, 3.8) is 0 Å². The van der Waals surface area contributed by atoms with Crippen molar-refractivity contribution in [3.05, 3.63) is 11.4 Å². The van der Waals surface area contributed by atoms with Crippen LogP contribution in [0.15, 0.2) is 0 Å². The Hall–Kier alpha value is -1.85. The zero-order chi connectivity index (χ0) is 12.1. The molecule has 0 aromatic carbocycles. The number of hydrogen-bond donors (Lipinski definition) is 3. The van der Waals surface area contributed by atoms with Gasteiger partial charge in [0.2, 0.25) is 5.91 Å². The largest absolute Gasteiger partial charge is 0.373 e. The summed E-state index contributed by atoms with van der Waals surface area (Å²) in [5.74, 6) is 1.87. The molecule has 6 heteroatoms. The third-order valence-corrected chi connectivity index (χ3v) is 2.16. The van der Waals surface area contributed by atoms with E-state index in [4.69, 9.17) is 5.73 Å². The number of rotatable bonds is 5. The summed E-state index contributed by atoms with van der Waals surface area (Å²) in [4.78, 5) is 19.1. The zero-order valence-corrected chi connectivity index (χ0v) is 9.79. The van der Waals surface area contributed by atoms with Crippen LogP contribution in [-0.4, -0.2) is 29.5 Å². The predicted octanol–water partition coefficient (Wildman–Crippen LogP) is 0.422. The molecule has 0 bridgehead atoms. The Morgan fingerprint density at radius 3 is 2.50 bits per heavy atom. The quantitative estimate of drug-likeness (QED) is 0.672. The highest BCUT2D eigenvalue weighted by Crippen LogP contribution is 2.18. The molecule has 16 heavy (non-hydrogen) atoms. The van der Waals surface area contributed by atoms with Gasteiger partial charge in [-0.3, -0.25) is 4.79 Å². The van der Waals surface area contributed by atoms with Gasteiger partial charge in [-0.1, -0.05) is 0 Å². The first-order chi connectivity index (χ1) is 7.54. The van der Waals surface area contributed by atoms with Crippen LogP contribution in [0.2, 0.25) is 0 Å². The van der Waals surface area contributed by atoms with Crippen molar-refractivity contribution >= 4 is 17.5 Å². The Morgan fingerprint density at radius 1 is 1.31 bits per heavy atom. The SMILES string of the molecule is CNc1nc(C)nc(NCCC(N)=O)c1C. The first-order valence-electron chi connectivity index (χ1n) is 5.09. The summed E-state index contributed by atoms with van der Waals surface area (Å²) in [6, 6.07) is 0. The number of anilines is 2. The minimum Gasteiger partial charge on any atom is -0.373 e. The molecular weight excluding hydrogens is 206 g/mol. The molecule has 1 heterocycles. The predicted molar refractivity (Wildman–Crippen MR) is 63.4 cm³/mol. The van der Waals surface area contributed by atoms with Gasteiger partial charge in [0.1, 0.15) is 17.5 Å². The van der Waals surface area contributed by atoms with Crippen molar-refractivity contribution in [3.8, 4) is 0 Å². The summed E-state index contributed by atoms with van der Waals surface area (Å²) in [5, 5.41) is 6.06. The van der Waals surface area contributed by atoms with E-state index in [2.05, 4.69) is 20.6 Å². The second-order valence-electron chi connectivity index (χ2n) is 3.49. The smallest absolute Gasteiger partial charge is 0.219 e. The van der Waals surface area contributed by atoms with Gasteiger partial charge < -0.3 is 16.4 Å². The van der Waals surface area contributed by atoms with E-state index < -0.39 is 0 Å². The number of carbonyl (C=O) groups excluding carboxylic acids is 1. The van der Waals surface area contributed by atoms with Crippen molar-refractivity contribution < 1.29 is 4.79 Å². The number of amides is 1. The Labute approximate surface area is 94.7 Å². The maximum Gasteiger partial charge on any atom is 0.219 e. The van der Waals surface area contributed by atoms with Crippen LogP contribution < -0.4 is 16.4 Å². The van der Waals surface area contributed by atoms with Crippen molar-refractivity contribution in [2.75, 3.05) is 24.2 Å². The number of hydrogen-bond acceptors (Lipinski definition) is 5. The van der Waals surface area contributed by atoms with Gasteiger partial charge in [0.05, 0.1) is 0 Å². The van der Waals surface area contributed by atoms with E-state index in [0.717, 1.165) is 17.2 Å². The molecule has 0 atom stereocenters. The maximum absolute atomic E-state index is 10.6. The van der Waals surface area contributed by atoms with Crippen LogP contribution in [0, 0.1) is 13.8 Å². The lowest BCUT2D eigenvalue weighted by Gasteiger charge is -2.11. The van der Waals surface area contributed by atoms with Gasteiger partial charge in [-0.05, 0) is 13.8 Å². The summed E-state index contributed by atoms with van der Waals surface area (Å²) in [6.45, 7) is 4.22. The van der Waals surface area contributed by atoms with Crippen molar-refractivity contribution in [2.45, 2.75) is 20.3 Å². The fourth-order valence-corrected chi connectivity index (χ4v) is 1.35. The summed E-state index contributed by atoms with van der Waals surface area (Å²) >= 11 is 0. The van der Waals surface area contributed by atoms with E-state index >= 15 is 0 Å². The second kappa shape index (κ2) is 5.29. The van der Waals surface area contributed by atoms with Gasteiger partial charge >= 0.3 is 0 Å². The fourth-order valence-electron chi connectivity index (χ4n) is 1.35. The number of primary amides is 1. The molecular formula is C10H17N5O. The molecule has 1 amide bonds. The van der Waals surface area contributed by atoms with Crippen LogP contribution in [0.3, 0.4) is 0 Å². The van der Waals surface area contributed by atoms with Crippen LogP contribution in [0.1, 0.15) is 17.8 Å². The van der Waals surface area contributed by atoms with Crippen LogP contribution in [-0.2, 0) is 4.79 Å². The lowest BCUT2D eigenvalue weighted by Crippen LogP contribution is -2.17. The molecule has 6 nitrogen and oxygen atoms in total. The molecule has 0 spiro atoms. The highest BCUT2D eigenvalue weighted by atomic mass is 16.1. The Balaban J connectivity index is 2.78. The highest BCUT2D eigenvalue weighted by molar-refractivity contribution is 5.74. The van der Waals surface area contributed by atoms with E-state index in [9.17, 15) is 4.79 Å². The molecule has 0 fully saturated rings. The molecule has 0 aliphatic heterocycles. The highest BCUT2D eigenvalue weighted by Gasteiger charge is 2.07. The van der Waals surface area contributed by atoms with Crippen LogP contribution in [0.5, 0.6) is 0 Å². The molecule has 1 aromatic heterocycles. The zero-order valence-electron chi connectivity index (χ0n) is 9.79. The summed E-state index contributed by atoms with van der Waals surface area (Å²) in [6.07, 6.45) is 0.289. The van der Waals surface area contributed by atoms with Crippen molar-refractivity contribution in [1.82, 2.24) is 9.97 Å². The van der Waals surface area contributed by atoms with Crippen LogP contribution in [0.4, 0.5) is 11.6 Å². The van der Waals surface area contributed by atoms with Gasteiger partial charge in [0.15, 0.2) is 0 Å².